The molecule has 1 atom stereocenters. The fourth-order valence-corrected chi connectivity index (χ4v) is 3.65. The van der Waals surface area contributed by atoms with Gasteiger partial charge in [-0.05, 0) is 49.5 Å². The van der Waals surface area contributed by atoms with Crippen LogP contribution in [0.2, 0.25) is 0 Å². The van der Waals surface area contributed by atoms with Gasteiger partial charge in [0.25, 0.3) is 0 Å². The fraction of sp³-hybridized carbons (Fsp3) is 0.611. The minimum atomic E-state index is -0.0105. The summed E-state index contributed by atoms with van der Waals surface area (Å²) in [6, 6.07) is 10.7. The molecule has 120 valence electrons. The second-order valence-electron chi connectivity index (χ2n) is 6.56. The monoisotopic (exact) mass is 302 g/mol. The number of urea groups is 1. The number of ether oxygens (including phenoxy) is 1. The number of carbonyl (C=O) groups is 1. The van der Waals surface area contributed by atoms with Crippen molar-refractivity contribution in [1.29, 1.82) is 0 Å². The molecule has 1 saturated heterocycles. The van der Waals surface area contributed by atoms with Crippen LogP contribution in [0.5, 0.6) is 0 Å². The Labute approximate surface area is 132 Å². The number of hydrogen-bond donors (Lipinski definition) is 2. The van der Waals surface area contributed by atoms with Crippen LogP contribution < -0.4 is 10.6 Å². The molecule has 1 aromatic carbocycles. The summed E-state index contributed by atoms with van der Waals surface area (Å²) >= 11 is 0. The van der Waals surface area contributed by atoms with Crippen molar-refractivity contribution in [2.45, 2.75) is 44.6 Å². The summed E-state index contributed by atoms with van der Waals surface area (Å²) in [6.45, 7) is 2.41. The van der Waals surface area contributed by atoms with Crippen LogP contribution in [-0.4, -0.2) is 31.8 Å². The van der Waals surface area contributed by atoms with Gasteiger partial charge in [-0.25, -0.2) is 4.79 Å². The van der Waals surface area contributed by atoms with Gasteiger partial charge in [0.1, 0.15) is 0 Å². The molecule has 2 N–H and O–H groups in total. The largest absolute Gasteiger partial charge is 0.381 e. The number of rotatable bonds is 5. The summed E-state index contributed by atoms with van der Waals surface area (Å²) in [4.78, 5) is 12.0. The van der Waals surface area contributed by atoms with E-state index in [0.29, 0.717) is 11.5 Å². The van der Waals surface area contributed by atoms with Gasteiger partial charge in [-0.2, -0.15) is 0 Å². The first-order valence-corrected chi connectivity index (χ1v) is 8.45. The molecule has 3 rings (SSSR count). The summed E-state index contributed by atoms with van der Waals surface area (Å²) in [5.74, 6) is 0. The first kappa shape index (κ1) is 15.3. The third kappa shape index (κ3) is 3.61. The smallest absolute Gasteiger partial charge is 0.315 e. The Hall–Kier alpha value is -1.55. The van der Waals surface area contributed by atoms with E-state index in [4.69, 9.17) is 4.74 Å². The van der Waals surface area contributed by atoms with E-state index in [2.05, 4.69) is 34.9 Å². The quantitative estimate of drug-likeness (QED) is 0.822. The Bertz CT molecular complexity index is 483. The minimum Gasteiger partial charge on any atom is -0.381 e. The van der Waals surface area contributed by atoms with Crippen LogP contribution in [0.4, 0.5) is 4.79 Å². The van der Waals surface area contributed by atoms with Crippen LogP contribution >= 0.6 is 0 Å². The highest BCUT2D eigenvalue weighted by Gasteiger charge is 2.47. The van der Waals surface area contributed by atoms with E-state index in [9.17, 15) is 4.79 Å². The molecule has 1 heterocycles. The molecule has 1 spiro atoms. The third-order valence-corrected chi connectivity index (χ3v) is 5.23. The molecule has 0 bridgehead atoms. The van der Waals surface area contributed by atoms with Crippen LogP contribution in [0.25, 0.3) is 0 Å². The van der Waals surface area contributed by atoms with Gasteiger partial charge in [-0.3, -0.25) is 0 Å². The molecule has 2 fully saturated rings. The van der Waals surface area contributed by atoms with Gasteiger partial charge in [-0.15, -0.1) is 0 Å². The molecule has 1 aliphatic heterocycles. The summed E-state index contributed by atoms with van der Waals surface area (Å²) in [5, 5.41) is 6.16. The lowest BCUT2D eigenvalue weighted by Crippen LogP contribution is -2.58. The highest BCUT2D eigenvalue weighted by atomic mass is 16.5. The average molecular weight is 302 g/mol. The zero-order valence-electron chi connectivity index (χ0n) is 13.1. The second kappa shape index (κ2) is 7.14. The van der Waals surface area contributed by atoms with Gasteiger partial charge in [-0.1, -0.05) is 30.3 Å². The van der Waals surface area contributed by atoms with Gasteiger partial charge < -0.3 is 15.4 Å². The van der Waals surface area contributed by atoms with Crippen LogP contribution in [-0.2, 0) is 11.2 Å². The summed E-state index contributed by atoms with van der Waals surface area (Å²) in [5.41, 5.74) is 1.64. The molecule has 2 aliphatic rings. The van der Waals surface area contributed by atoms with Crippen molar-refractivity contribution in [1.82, 2.24) is 10.6 Å². The maximum atomic E-state index is 12.0. The summed E-state index contributed by atoms with van der Waals surface area (Å²) in [6.07, 6.45) is 6.50. The highest BCUT2D eigenvalue weighted by Crippen LogP contribution is 2.48. The summed E-state index contributed by atoms with van der Waals surface area (Å²) < 4.78 is 5.45. The lowest BCUT2D eigenvalue weighted by atomic mass is 9.60. The van der Waals surface area contributed by atoms with Crippen LogP contribution in [0.15, 0.2) is 30.3 Å². The average Bonchev–Trinajstić information content (AvgIpc) is 2.57. The highest BCUT2D eigenvalue weighted by molar-refractivity contribution is 5.74. The normalized spacial score (nSPS) is 22.8. The molecule has 0 aromatic heterocycles. The zero-order valence-corrected chi connectivity index (χ0v) is 13.1. The van der Waals surface area contributed by atoms with E-state index in [1.54, 1.807) is 0 Å². The SMILES string of the molecule is O=C(NCCCc1ccccc1)NC1CCC12CCOCC2. The molecule has 1 aromatic rings. The zero-order chi connectivity index (χ0) is 15.3. The molecule has 4 heteroatoms. The van der Waals surface area contributed by atoms with E-state index in [1.807, 2.05) is 6.07 Å². The number of nitrogens with one attached hydrogen (secondary N) is 2. The maximum Gasteiger partial charge on any atom is 0.315 e. The minimum absolute atomic E-state index is 0.0105. The lowest BCUT2D eigenvalue weighted by Gasteiger charge is -2.51. The first-order valence-electron chi connectivity index (χ1n) is 8.45. The van der Waals surface area contributed by atoms with Gasteiger partial charge in [0.15, 0.2) is 0 Å². The second-order valence-corrected chi connectivity index (χ2v) is 6.56. The maximum absolute atomic E-state index is 12.0. The number of carbonyl (C=O) groups excluding carboxylic acids is 1. The van der Waals surface area contributed by atoms with Crippen LogP contribution in [0.1, 0.15) is 37.7 Å². The van der Waals surface area contributed by atoms with Crippen molar-refractivity contribution in [3.8, 4) is 0 Å². The summed E-state index contributed by atoms with van der Waals surface area (Å²) in [7, 11) is 0. The molecule has 2 amide bonds. The molecule has 1 saturated carbocycles. The molecule has 1 aliphatic carbocycles. The standard InChI is InChI=1S/C18H26N2O2/c21-17(19-12-4-7-15-5-2-1-3-6-15)20-16-8-9-18(16)10-13-22-14-11-18/h1-3,5-6,16H,4,7-14H2,(H2,19,20,21). The molecular weight excluding hydrogens is 276 g/mol. The van der Waals surface area contributed by atoms with Gasteiger partial charge in [0.2, 0.25) is 0 Å². The van der Waals surface area contributed by atoms with E-state index in [0.717, 1.165) is 51.9 Å². The number of amides is 2. The van der Waals surface area contributed by atoms with Crippen LogP contribution in [0, 0.1) is 5.41 Å². The van der Waals surface area contributed by atoms with E-state index < -0.39 is 0 Å². The third-order valence-electron chi connectivity index (χ3n) is 5.23. The molecule has 4 nitrogen and oxygen atoms in total. The number of benzene rings is 1. The van der Waals surface area contributed by atoms with E-state index in [1.165, 1.54) is 12.0 Å². The molecule has 0 radical (unpaired) electrons. The van der Waals surface area contributed by atoms with Gasteiger partial charge in [0.05, 0.1) is 0 Å². The lowest BCUT2D eigenvalue weighted by molar-refractivity contribution is -0.0511. The van der Waals surface area contributed by atoms with Crippen LogP contribution in [0.3, 0.4) is 0 Å². The predicted molar refractivity (Wildman–Crippen MR) is 86.8 cm³/mol. The Morgan fingerprint density at radius 3 is 2.64 bits per heavy atom. The van der Waals surface area contributed by atoms with E-state index in [-0.39, 0.29) is 6.03 Å². The van der Waals surface area contributed by atoms with Crippen molar-refractivity contribution in [3.05, 3.63) is 35.9 Å². The van der Waals surface area contributed by atoms with Gasteiger partial charge >= 0.3 is 6.03 Å². The Morgan fingerprint density at radius 1 is 1.18 bits per heavy atom. The Balaban J connectivity index is 1.34. The fourth-order valence-electron chi connectivity index (χ4n) is 3.65. The number of aryl methyl sites for hydroxylation is 1. The van der Waals surface area contributed by atoms with Crippen molar-refractivity contribution >= 4 is 6.03 Å². The number of hydrogen-bond acceptors (Lipinski definition) is 2. The Kier molecular flexibility index (Phi) is 4.98. The van der Waals surface area contributed by atoms with Crippen molar-refractivity contribution in [2.24, 2.45) is 5.41 Å². The van der Waals surface area contributed by atoms with Crippen molar-refractivity contribution < 1.29 is 9.53 Å². The van der Waals surface area contributed by atoms with Crippen molar-refractivity contribution in [3.63, 3.8) is 0 Å². The molecular formula is C18H26N2O2. The first-order chi connectivity index (χ1) is 10.8. The van der Waals surface area contributed by atoms with Crippen molar-refractivity contribution in [2.75, 3.05) is 19.8 Å². The topological polar surface area (TPSA) is 50.4 Å². The van der Waals surface area contributed by atoms with Gasteiger partial charge in [0, 0.05) is 25.8 Å². The predicted octanol–water partition coefficient (Wildman–Crippen LogP) is 2.88. The van der Waals surface area contributed by atoms with E-state index >= 15 is 0 Å². The Morgan fingerprint density at radius 2 is 1.95 bits per heavy atom. The molecule has 1 unspecified atom stereocenters. The molecule has 22 heavy (non-hydrogen) atoms.